The molecule has 0 aliphatic rings. The second kappa shape index (κ2) is 7.04. The summed E-state index contributed by atoms with van der Waals surface area (Å²) < 4.78 is 1.15. The van der Waals surface area contributed by atoms with Crippen molar-refractivity contribution in [1.82, 2.24) is 5.32 Å². The van der Waals surface area contributed by atoms with Gasteiger partial charge in [-0.25, -0.2) is 0 Å². The van der Waals surface area contributed by atoms with Crippen LogP contribution >= 0.6 is 27.3 Å². The van der Waals surface area contributed by atoms with Crippen molar-refractivity contribution in [2.24, 2.45) is 0 Å². The molecule has 2 N–H and O–H groups in total. The third-order valence-electron chi connectivity index (χ3n) is 2.79. The molecule has 1 aromatic carbocycles. The van der Waals surface area contributed by atoms with Gasteiger partial charge in [-0.15, -0.1) is 11.3 Å². The standard InChI is InChI=1S/C14H16BrNOS/c15-14-8-11(10-18-14)9-16-13(6-7-17)12-4-2-1-3-5-12/h1-5,8,10,13,16-17H,6-7,9H2. The predicted molar refractivity (Wildman–Crippen MR) is 79.7 cm³/mol. The van der Waals surface area contributed by atoms with Crippen LogP contribution < -0.4 is 5.32 Å². The van der Waals surface area contributed by atoms with Gasteiger partial charge in [-0.3, -0.25) is 0 Å². The van der Waals surface area contributed by atoms with Crippen LogP contribution in [-0.4, -0.2) is 11.7 Å². The Balaban J connectivity index is 1.98. The summed E-state index contributed by atoms with van der Waals surface area (Å²) in [7, 11) is 0. The van der Waals surface area contributed by atoms with Gasteiger partial charge in [0.05, 0.1) is 3.79 Å². The Morgan fingerprint density at radius 2 is 2.06 bits per heavy atom. The van der Waals surface area contributed by atoms with Crippen LogP contribution in [-0.2, 0) is 6.54 Å². The van der Waals surface area contributed by atoms with E-state index in [-0.39, 0.29) is 12.6 Å². The molecule has 1 aromatic heterocycles. The van der Waals surface area contributed by atoms with Crippen molar-refractivity contribution in [1.29, 1.82) is 0 Å². The number of rotatable bonds is 6. The predicted octanol–water partition coefficient (Wildman–Crippen LogP) is 3.72. The fourth-order valence-electron chi connectivity index (χ4n) is 1.88. The first-order valence-electron chi connectivity index (χ1n) is 5.91. The average Bonchev–Trinajstić information content (AvgIpc) is 2.81. The van der Waals surface area contributed by atoms with E-state index in [1.165, 1.54) is 11.1 Å². The van der Waals surface area contributed by atoms with Crippen LogP contribution in [0.5, 0.6) is 0 Å². The SMILES string of the molecule is OCCC(NCc1csc(Br)c1)c1ccccc1. The van der Waals surface area contributed by atoms with Gasteiger partial charge in [-0.1, -0.05) is 30.3 Å². The van der Waals surface area contributed by atoms with Crippen LogP contribution in [0.4, 0.5) is 0 Å². The Hall–Kier alpha value is -0.680. The zero-order valence-electron chi connectivity index (χ0n) is 9.97. The van der Waals surface area contributed by atoms with E-state index in [0.29, 0.717) is 0 Å². The van der Waals surface area contributed by atoms with E-state index >= 15 is 0 Å². The fraction of sp³-hybridized carbons (Fsp3) is 0.286. The van der Waals surface area contributed by atoms with Crippen LogP contribution in [0, 0.1) is 0 Å². The summed E-state index contributed by atoms with van der Waals surface area (Å²) in [5.41, 5.74) is 2.49. The van der Waals surface area contributed by atoms with Crippen LogP contribution in [0.2, 0.25) is 0 Å². The van der Waals surface area contributed by atoms with E-state index in [0.717, 1.165) is 16.8 Å². The van der Waals surface area contributed by atoms with Crippen molar-refractivity contribution in [2.75, 3.05) is 6.61 Å². The Labute approximate surface area is 120 Å². The van der Waals surface area contributed by atoms with E-state index < -0.39 is 0 Å². The second-order valence-electron chi connectivity index (χ2n) is 4.12. The molecule has 18 heavy (non-hydrogen) atoms. The Bertz CT molecular complexity index is 472. The van der Waals surface area contributed by atoms with Gasteiger partial charge in [-0.05, 0) is 44.9 Å². The quantitative estimate of drug-likeness (QED) is 0.848. The summed E-state index contributed by atoms with van der Waals surface area (Å²) in [6.07, 6.45) is 0.731. The first-order valence-corrected chi connectivity index (χ1v) is 7.59. The molecular formula is C14H16BrNOS. The van der Waals surface area contributed by atoms with Crippen molar-refractivity contribution in [3.63, 3.8) is 0 Å². The molecule has 2 nitrogen and oxygen atoms in total. The average molecular weight is 326 g/mol. The van der Waals surface area contributed by atoms with Crippen molar-refractivity contribution in [2.45, 2.75) is 19.0 Å². The van der Waals surface area contributed by atoms with Gasteiger partial charge in [0, 0.05) is 19.2 Å². The lowest BCUT2D eigenvalue weighted by atomic mass is 10.0. The number of nitrogens with one attached hydrogen (secondary N) is 1. The zero-order valence-corrected chi connectivity index (χ0v) is 12.4. The molecule has 0 bridgehead atoms. The minimum absolute atomic E-state index is 0.194. The van der Waals surface area contributed by atoms with Crippen molar-refractivity contribution in [3.05, 3.63) is 56.7 Å². The Kier molecular flexibility index (Phi) is 5.38. The maximum Gasteiger partial charge on any atom is 0.0701 e. The summed E-state index contributed by atoms with van der Waals surface area (Å²) in [4.78, 5) is 0. The third-order valence-corrected chi connectivity index (χ3v) is 4.35. The fourth-order valence-corrected chi connectivity index (χ4v) is 3.09. The molecule has 4 heteroatoms. The highest BCUT2D eigenvalue weighted by molar-refractivity contribution is 9.11. The van der Waals surface area contributed by atoms with Gasteiger partial charge in [0.2, 0.25) is 0 Å². The summed E-state index contributed by atoms with van der Waals surface area (Å²) in [5.74, 6) is 0. The smallest absolute Gasteiger partial charge is 0.0701 e. The van der Waals surface area contributed by atoms with Gasteiger partial charge in [0.25, 0.3) is 0 Å². The topological polar surface area (TPSA) is 32.3 Å². The normalized spacial score (nSPS) is 12.6. The van der Waals surface area contributed by atoms with Gasteiger partial charge >= 0.3 is 0 Å². The molecule has 0 aliphatic heterocycles. The van der Waals surface area contributed by atoms with E-state index in [1.54, 1.807) is 11.3 Å². The molecule has 1 unspecified atom stereocenters. The van der Waals surface area contributed by atoms with E-state index in [9.17, 15) is 0 Å². The van der Waals surface area contributed by atoms with Crippen LogP contribution in [0.25, 0.3) is 0 Å². The van der Waals surface area contributed by atoms with Crippen molar-refractivity contribution >= 4 is 27.3 Å². The molecule has 1 atom stereocenters. The minimum Gasteiger partial charge on any atom is -0.396 e. The first-order chi connectivity index (χ1) is 8.79. The molecular weight excluding hydrogens is 310 g/mol. The van der Waals surface area contributed by atoms with Gasteiger partial charge < -0.3 is 10.4 Å². The number of thiophene rings is 1. The molecule has 0 amide bonds. The van der Waals surface area contributed by atoms with E-state index in [2.05, 4.69) is 44.8 Å². The third kappa shape index (κ3) is 3.92. The summed E-state index contributed by atoms with van der Waals surface area (Å²) in [5, 5.41) is 14.8. The summed E-state index contributed by atoms with van der Waals surface area (Å²) in [6, 6.07) is 12.6. The number of aliphatic hydroxyl groups is 1. The molecule has 96 valence electrons. The molecule has 1 heterocycles. The van der Waals surface area contributed by atoms with E-state index in [1.807, 2.05) is 18.2 Å². The zero-order chi connectivity index (χ0) is 12.8. The molecule has 2 rings (SSSR count). The first kappa shape index (κ1) is 13.7. The maximum absolute atomic E-state index is 9.15. The molecule has 0 fully saturated rings. The number of aliphatic hydroxyl groups excluding tert-OH is 1. The molecule has 0 saturated heterocycles. The summed E-state index contributed by atoms with van der Waals surface area (Å²) >= 11 is 5.16. The largest absolute Gasteiger partial charge is 0.396 e. The Morgan fingerprint density at radius 3 is 2.67 bits per heavy atom. The molecule has 0 aliphatic carbocycles. The van der Waals surface area contributed by atoms with Crippen LogP contribution in [0.15, 0.2) is 45.6 Å². The molecule has 0 saturated carbocycles. The van der Waals surface area contributed by atoms with Gasteiger partial charge in [0.15, 0.2) is 0 Å². The number of hydrogen-bond acceptors (Lipinski definition) is 3. The van der Waals surface area contributed by atoms with Crippen molar-refractivity contribution < 1.29 is 5.11 Å². The minimum atomic E-state index is 0.194. The maximum atomic E-state index is 9.15. The number of benzene rings is 1. The van der Waals surface area contributed by atoms with Gasteiger partial charge in [-0.2, -0.15) is 0 Å². The van der Waals surface area contributed by atoms with Crippen LogP contribution in [0.3, 0.4) is 0 Å². The summed E-state index contributed by atoms with van der Waals surface area (Å²) in [6.45, 7) is 1.02. The highest BCUT2D eigenvalue weighted by Gasteiger charge is 2.10. The second-order valence-corrected chi connectivity index (χ2v) is 6.41. The number of halogens is 1. The highest BCUT2D eigenvalue weighted by atomic mass is 79.9. The van der Waals surface area contributed by atoms with Gasteiger partial charge in [0.1, 0.15) is 0 Å². The monoisotopic (exact) mass is 325 g/mol. The van der Waals surface area contributed by atoms with E-state index in [4.69, 9.17) is 5.11 Å². The molecule has 2 aromatic rings. The van der Waals surface area contributed by atoms with Crippen molar-refractivity contribution in [3.8, 4) is 0 Å². The lowest BCUT2D eigenvalue weighted by Gasteiger charge is -2.17. The highest BCUT2D eigenvalue weighted by Crippen LogP contribution is 2.22. The van der Waals surface area contributed by atoms with Crippen LogP contribution in [0.1, 0.15) is 23.6 Å². The lowest BCUT2D eigenvalue weighted by Crippen LogP contribution is -2.21. The lowest BCUT2D eigenvalue weighted by molar-refractivity contribution is 0.265. The molecule has 0 spiro atoms. The molecule has 0 radical (unpaired) electrons. The Morgan fingerprint density at radius 1 is 1.28 bits per heavy atom. The number of hydrogen-bond donors (Lipinski definition) is 2.